The van der Waals surface area contributed by atoms with E-state index in [-0.39, 0.29) is 5.41 Å². The second kappa shape index (κ2) is 5.47. The Labute approximate surface area is 74.4 Å². The molecule has 2 heteroatoms. The lowest BCUT2D eigenvalue weighted by atomic mass is 9.97. The fourth-order valence-electron chi connectivity index (χ4n) is 0.517. The Morgan fingerprint density at radius 3 is 2.33 bits per heavy atom. The molecule has 0 aromatic rings. The summed E-state index contributed by atoms with van der Waals surface area (Å²) in [5.41, 5.74) is 0.215. The molecule has 0 rings (SSSR count). The first kappa shape index (κ1) is 10.8. The van der Waals surface area contributed by atoms with Gasteiger partial charge in [0.05, 0.1) is 0 Å². The second-order valence-electron chi connectivity index (χ2n) is 3.50. The van der Waals surface area contributed by atoms with Crippen LogP contribution in [0, 0.1) is 5.41 Å². The predicted molar refractivity (Wildman–Crippen MR) is 55.8 cm³/mol. The van der Waals surface area contributed by atoms with Crippen molar-refractivity contribution >= 4 is 12.9 Å². The van der Waals surface area contributed by atoms with Crippen LogP contribution in [0.25, 0.3) is 0 Å². The number of hydrogen-bond donors (Lipinski definition) is 0. The minimum absolute atomic E-state index is 0.215. The van der Waals surface area contributed by atoms with Gasteiger partial charge in [-0.2, -0.15) is 0 Å². The van der Waals surface area contributed by atoms with E-state index >= 15 is 0 Å². The Balaban J connectivity index is 3.82. The lowest BCUT2D eigenvalue weighted by molar-refractivity contribution is 0.545. The van der Waals surface area contributed by atoms with Gasteiger partial charge < -0.3 is 0 Å². The summed E-state index contributed by atoms with van der Waals surface area (Å²) in [6.45, 7) is 9.70. The molecule has 0 aliphatic heterocycles. The summed E-state index contributed by atoms with van der Waals surface area (Å²) in [6.07, 6.45) is 8.88. The van der Waals surface area contributed by atoms with Crippen molar-refractivity contribution in [1.82, 2.24) is 0 Å². The molecule has 0 heterocycles. The standard InChI is InChI=1S/C10H16N2/c1-10(2,3)6-5-7-12-9-8-11-4/h5-9H,4H2,1-3H3/b6-5+,9-8-,12-7-. The molecule has 0 saturated heterocycles. The van der Waals surface area contributed by atoms with E-state index in [1.54, 1.807) is 18.6 Å². The smallest absolute Gasteiger partial charge is 0.0450 e. The van der Waals surface area contributed by atoms with Crippen molar-refractivity contribution in [2.24, 2.45) is 15.4 Å². The number of rotatable bonds is 3. The summed E-state index contributed by atoms with van der Waals surface area (Å²) in [4.78, 5) is 7.45. The summed E-state index contributed by atoms with van der Waals surface area (Å²) in [7, 11) is 0. The molecule has 0 aromatic carbocycles. The van der Waals surface area contributed by atoms with Gasteiger partial charge in [-0.15, -0.1) is 0 Å². The monoisotopic (exact) mass is 164 g/mol. The van der Waals surface area contributed by atoms with Crippen LogP contribution in [0.3, 0.4) is 0 Å². The van der Waals surface area contributed by atoms with E-state index < -0.39 is 0 Å². The normalized spacial score (nSPS) is 13.6. The van der Waals surface area contributed by atoms with Gasteiger partial charge in [0, 0.05) is 18.6 Å². The van der Waals surface area contributed by atoms with Gasteiger partial charge in [-0.1, -0.05) is 26.8 Å². The SMILES string of the molecule is C=N\C=C/N=C\C=C\C(C)(C)C. The molecular formula is C10H16N2. The maximum absolute atomic E-state index is 3.94. The third kappa shape index (κ3) is 8.82. The highest BCUT2D eigenvalue weighted by Crippen LogP contribution is 2.13. The van der Waals surface area contributed by atoms with Gasteiger partial charge in [0.15, 0.2) is 0 Å². The molecule has 0 atom stereocenters. The number of nitrogens with zero attached hydrogens (tertiary/aromatic N) is 2. The molecule has 66 valence electrons. The number of allylic oxidation sites excluding steroid dienone is 2. The van der Waals surface area contributed by atoms with Gasteiger partial charge in [-0.25, -0.2) is 0 Å². The van der Waals surface area contributed by atoms with Crippen molar-refractivity contribution < 1.29 is 0 Å². The van der Waals surface area contributed by atoms with E-state index in [0.29, 0.717) is 0 Å². The van der Waals surface area contributed by atoms with Crippen LogP contribution in [0.2, 0.25) is 0 Å². The average molecular weight is 164 g/mol. The van der Waals surface area contributed by atoms with Crippen molar-refractivity contribution in [3.8, 4) is 0 Å². The molecule has 0 fully saturated rings. The lowest BCUT2D eigenvalue weighted by Crippen LogP contribution is -1.98. The lowest BCUT2D eigenvalue weighted by Gasteiger charge is -2.09. The quantitative estimate of drug-likeness (QED) is 0.573. The van der Waals surface area contributed by atoms with E-state index in [9.17, 15) is 0 Å². The van der Waals surface area contributed by atoms with Gasteiger partial charge in [0.2, 0.25) is 0 Å². The molecule has 0 saturated carbocycles. The second-order valence-corrected chi connectivity index (χ2v) is 3.50. The topological polar surface area (TPSA) is 24.7 Å². The average Bonchev–Trinajstić information content (AvgIpc) is 1.94. The first-order valence-electron chi connectivity index (χ1n) is 3.88. The van der Waals surface area contributed by atoms with E-state index in [1.165, 1.54) is 0 Å². The summed E-state index contributed by atoms with van der Waals surface area (Å²) < 4.78 is 0. The highest BCUT2D eigenvalue weighted by atomic mass is 14.7. The van der Waals surface area contributed by atoms with Crippen LogP contribution >= 0.6 is 0 Å². The molecule has 0 aliphatic carbocycles. The summed E-state index contributed by atoms with van der Waals surface area (Å²) in [5.74, 6) is 0. The van der Waals surface area contributed by atoms with Crippen LogP contribution < -0.4 is 0 Å². The molecule has 0 spiro atoms. The van der Waals surface area contributed by atoms with Crippen molar-refractivity contribution in [2.45, 2.75) is 20.8 Å². The molecule has 0 radical (unpaired) electrons. The first-order valence-corrected chi connectivity index (χ1v) is 3.88. The number of hydrogen-bond acceptors (Lipinski definition) is 2. The molecule has 0 aliphatic rings. The van der Waals surface area contributed by atoms with Crippen LogP contribution in [-0.2, 0) is 0 Å². The molecular weight excluding hydrogens is 148 g/mol. The molecule has 0 N–H and O–H groups in total. The Bertz CT molecular complexity index is 204. The Kier molecular flexibility index (Phi) is 4.93. The van der Waals surface area contributed by atoms with Crippen molar-refractivity contribution in [3.05, 3.63) is 24.6 Å². The van der Waals surface area contributed by atoms with Crippen LogP contribution in [-0.4, -0.2) is 12.9 Å². The van der Waals surface area contributed by atoms with Gasteiger partial charge in [0.25, 0.3) is 0 Å². The van der Waals surface area contributed by atoms with Gasteiger partial charge >= 0.3 is 0 Å². The molecule has 2 nitrogen and oxygen atoms in total. The zero-order chi connectivity index (χ0) is 9.45. The van der Waals surface area contributed by atoms with E-state index in [4.69, 9.17) is 0 Å². The van der Waals surface area contributed by atoms with Crippen LogP contribution in [0.1, 0.15) is 20.8 Å². The highest BCUT2D eigenvalue weighted by molar-refractivity contribution is 5.71. The van der Waals surface area contributed by atoms with E-state index in [1.807, 2.05) is 6.08 Å². The summed E-state index contributed by atoms with van der Waals surface area (Å²) in [5, 5.41) is 0. The minimum Gasteiger partial charge on any atom is -0.271 e. The first-order chi connectivity index (χ1) is 5.56. The van der Waals surface area contributed by atoms with E-state index in [0.717, 1.165) is 0 Å². The Morgan fingerprint density at radius 1 is 1.17 bits per heavy atom. The minimum atomic E-state index is 0.215. The maximum atomic E-state index is 3.94. The third-order valence-electron chi connectivity index (χ3n) is 1.03. The van der Waals surface area contributed by atoms with Crippen molar-refractivity contribution in [1.29, 1.82) is 0 Å². The zero-order valence-electron chi connectivity index (χ0n) is 7.99. The van der Waals surface area contributed by atoms with Crippen LogP contribution in [0.4, 0.5) is 0 Å². The van der Waals surface area contributed by atoms with Crippen LogP contribution in [0.15, 0.2) is 34.5 Å². The van der Waals surface area contributed by atoms with Gasteiger partial charge in [0.1, 0.15) is 0 Å². The Morgan fingerprint density at radius 2 is 1.83 bits per heavy atom. The van der Waals surface area contributed by atoms with Gasteiger partial charge in [-0.05, 0) is 18.2 Å². The molecule has 0 bridgehead atoms. The van der Waals surface area contributed by atoms with Gasteiger partial charge in [-0.3, -0.25) is 9.98 Å². The van der Waals surface area contributed by atoms with Crippen LogP contribution in [0.5, 0.6) is 0 Å². The van der Waals surface area contributed by atoms with E-state index in [2.05, 4.69) is 43.5 Å². The summed E-state index contributed by atoms with van der Waals surface area (Å²) in [6, 6.07) is 0. The summed E-state index contributed by atoms with van der Waals surface area (Å²) >= 11 is 0. The predicted octanol–water partition coefficient (Wildman–Crippen LogP) is 2.83. The molecule has 0 amide bonds. The Hall–Kier alpha value is -1.18. The van der Waals surface area contributed by atoms with Crippen molar-refractivity contribution in [2.75, 3.05) is 0 Å². The third-order valence-corrected chi connectivity index (χ3v) is 1.03. The fraction of sp³-hybridized carbons (Fsp3) is 0.400. The zero-order valence-corrected chi connectivity index (χ0v) is 7.99. The fourth-order valence-corrected chi connectivity index (χ4v) is 0.517. The molecule has 0 unspecified atom stereocenters. The molecule has 12 heavy (non-hydrogen) atoms. The largest absolute Gasteiger partial charge is 0.271 e. The maximum Gasteiger partial charge on any atom is 0.0450 e. The number of aliphatic imine (C=N–C) groups is 2. The van der Waals surface area contributed by atoms with Crippen molar-refractivity contribution in [3.63, 3.8) is 0 Å². The molecule has 0 aromatic heterocycles. The highest BCUT2D eigenvalue weighted by Gasteiger charge is 2.01.